The van der Waals surface area contributed by atoms with E-state index >= 15 is 0 Å². The fourth-order valence-corrected chi connectivity index (χ4v) is 11.2. The summed E-state index contributed by atoms with van der Waals surface area (Å²) in [5.74, 6) is -1.72. The average molecular weight is 964 g/mol. The van der Waals surface area contributed by atoms with E-state index < -0.39 is 41.0 Å². The van der Waals surface area contributed by atoms with E-state index in [-0.39, 0.29) is 49.7 Å². The number of methoxy groups -OCH3 is 1. The largest absolute Gasteiger partial charge is 0.464 e. The highest BCUT2D eigenvalue weighted by atomic mass is 16.5. The van der Waals surface area contributed by atoms with Gasteiger partial charge in [0.05, 0.1) is 36.2 Å². The van der Waals surface area contributed by atoms with Crippen molar-refractivity contribution in [3.8, 4) is 11.3 Å². The van der Waals surface area contributed by atoms with Crippen molar-refractivity contribution in [3.05, 3.63) is 72.1 Å². The minimum absolute atomic E-state index is 0.146. The lowest BCUT2D eigenvalue weighted by molar-refractivity contribution is -0.155. The molecule has 17 heteroatoms. The molecule has 0 aliphatic carbocycles. The lowest BCUT2D eigenvalue weighted by Gasteiger charge is -2.41. The Morgan fingerprint density at radius 3 is 2.57 bits per heavy atom. The minimum atomic E-state index is -1.01. The van der Waals surface area contributed by atoms with Gasteiger partial charge in [-0.25, -0.2) is 10.2 Å². The summed E-state index contributed by atoms with van der Waals surface area (Å²) in [5.41, 5.74) is 9.52. The van der Waals surface area contributed by atoms with Crippen LogP contribution in [0, 0.1) is 11.3 Å². The number of aryl methyl sites for hydroxylation is 1. The van der Waals surface area contributed by atoms with Gasteiger partial charge >= 0.3 is 12.0 Å². The number of nitrogens with zero attached hydrogens (tertiary/aromatic N) is 7. The van der Waals surface area contributed by atoms with Crippen LogP contribution in [0.2, 0.25) is 0 Å². The first-order valence-electron chi connectivity index (χ1n) is 25.1. The lowest BCUT2D eigenvalue weighted by Crippen LogP contribution is -2.64. The lowest BCUT2D eigenvalue weighted by atomic mass is 9.84. The molecular formula is C53H73N9O8. The molecule has 3 fully saturated rings. The van der Waals surface area contributed by atoms with Gasteiger partial charge in [0.25, 0.3) is 5.91 Å². The van der Waals surface area contributed by atoms with Gasteiger partial charge in [-0.15, -0.1) is 0 Å². The number of pyridine rings is 1. The van der Waals surface area contributed by atoms with E-state index in [1.54, 1.807) is 30.2 Å². The van der Waals surface area contributed by atoms with Crippen LogP contribution in [0.15, 0.2) is 55.3 Å². The third-order valence-electron chi connectivity index (χ3n) is 15.0. The first-order chi connectivity index (χ1) is 33.5. The highest BCUT2D eigenvalue weighted by molar-refractivity contribution is 5.95. The molecule has 1 aromatic carbocycles. The number of fused-ring (bicyclic) bond motifs is 6. The first kappa shape index (κ1) is 50.8. The number of hydrogen-bond donors (Lipinski definition) is 2. The Morgan fingerprint density at radius 2 is 1.86 bits per heavy atom. The highest BCUT2D eigenvalue weighted by Crippen LogP contribution is 2.42. The van der Waals surface area contributed by atoms with Crippen LogP contribution in [0.4, 0.5) is 4.79 Å². The number of ether oxygens (including phenoxy) is 3. The van der Waals surface area contributed by atoms with Crippen molar-refractivity contribution in [2.45, 2.75) is 116 Å². The molecule has 6 bridgehead atoms. The number of hydrazine groups is 1. The van der Waals surface area contributed by atoms with Crippen LogP contribution >= 0.6 is 0 Å². The van der Waals surface area contributed by atoms with Gasteiger partial charge in [0, 0.05) is 88.0 Å². The van der Waals surface area contributed by atoms with Gasteiger partial charge in [-0.1, -0.05) is 46.4 Å². The van der Waals surface area contributed by atoms with Crippen molar-refractivity contribution in [1.29, 1.82) is 0 Å². The first-order valence-corrected chi connectivity index (χ1v) is 25.1. The van der Waals surface area contributed by atoms with Gasteiger partial charge in [-0.05, 0) is 105 Å². The van der Waals surface area contributed by atoms with Crippen LogP contribution in [-0.4, -0.2) is 161 Å². The predicted molar refractivity (Wildman–Crippen MR) is 267 cm³/mol. The SMILES string of the molecule is C=CC(=O)N1COC2(CCN(C(=O)N(C)[C@H](C(=O)N[C@H]3CN4CCC=C(C4)c4ccc5c(c4)c(c(-c4cccnc4[C@H](C)OC)n5CC)CC(C)(C)COC(=O)[C@@H]4CCCN(N4)C3=O)C(C)C)CC2)C1. The van der Waals surface area contributed by atoms with E-state index in [1.165, 1.54) is 16.0 Å². The number of aromatic nitrogens is 2. The minimum Gasteiger partial charge on any atom is -0.464 e. The number of rotatable bonds is 9. The highest BCUT2D eigenvalue weighted by Gasteiger charge is 2.45. The third kappa shape index (κ3) is 10.4. The second-order valence-corrected chi connectivity index (χ2v) is 21.0. The maximum Gasteiger partial charge on any atom is 0.324 e. The van der Waals surface area contributed by atoms with Crippen molar-refractivity contribution in [2.24, 2.45) is 11.3 Å². The number of piperidine rings is 1. The smallest absolute Gasteiger partial charge is 0.324 e. The zero-order valence-electron chi connectivity index (χ0n) is 42.4. The van der Waals surface area contributed by atoms with E-state index in [2.05, 4.69) is 77.9 Å². The topological polar surface area (TPSA) is 171 Å². The van der Waals surface area contributed by atoms with Gasteiger partial charge in [-0.3, -0.25) is 34.1 Å². The number of benzene rings is 1. The molecule has 8 rings (SSSR count). The summed E-state index contributed by atoms with van der Waals surface area (Å²) in [5, 5.41) is 5.70. The number of esters is 1. The quantitative estimate of drug-likeness (QED) is 0.204. The summed E-state index contributed by atoms with van der Waals surface area (Å²) < 4.78 is 20.5. The summed E-state index contributed by atoms with van der Waals surface area (Å²) in [7, 11) is 3.34. The maximum atomic E-state index is 14.8. The van der Waals surface area contributed by atoms with Crippen molar-refractivity contribution < 1.29 is 38.2 Å². The van der Waals surface area contributed by atoms with Gasteiger partial charge in [0.1, 0.15) is 24.9 Å². The van der Waals surface area contributed by atoms with Crippen LogP contribution in [-0.2, 0) is 46.4 Å². The van der Waals surface area contributed by atoms with E-state index in [9.17, 15) is 24.0 Å². The van der Waals surface area contributed by atoms with E-state index in [0.717, 1.165) is 51.0 Å². The van der Waals surface area contributed by atoms with Crippen molar-refractivity contribution in [3.63, 3.8) is 0 Å². The van der Waals surface area contributed by atoms with Crippen LogP contribution < -0.4 is 10.7 Å². The molecule has 7 heterocycles. The van der Waals surface area contributed by atoms with E-state index in [1.807, 2.05) is 26.8 Å². The molecule has 17 nitrogen and oxygen atoms in total. The maximum absolute atomic E-state index is 14.8. The molecule has 5 atom stereocenters. The second kappa shape index (κ2) is 21.0. The average Bonchev–Trinajstić information content (AvgIpc) is 3.91. The van der Waals surface area contributed by atoms with Gasteiger partial charge < -0.3 is 38.8 Å². The number of likely N-dealkylation sites (N-methyl/N-ethyl adjacent to an activating group) is 1. The van der Waals surface area contributed by atoms with Crippen LogP contribution in [0.1, 0.15) is 96.6 Å². The molecule has 0 radical (unpaired) electrons. The molecule has 1 spiro atoms. The normalized spacial score (nSPS) is 23.6. The Labute approximate surface area is 412 Å². The molecule has 3 saturated heterocycles. The van der Waals surface area contributed by atoms with Gasteiger partial charge in [-0.2, -0.15) is 0 Å². The Balaban J connectivity index is 1.09. The monoisotopic (exact) mass is 964 g/mol. The zero-order chi connectivity index (χ0) is 50.1. The summed E-state index contributed by atoms with van der Waals surface area (Å²) in [6.07, 6.45) is 8.60. The van der Waals surface area contributed by atoms with E-state index in [4.69, 9.17) is 19.2 Å². The number of hydrogen-bond acceptors (Lipinski definition) is 11. The Bertz CT molecular complexity index is 2510. The zero-order valence-corrected chi connectivity index (χ0v) is 42.4. The summed E-state index contributed by atoms with van der Waals surface area (Å²) in [4.78, 5) is 81.9. The van der Waals surface area contributed by atoms with E-state index in [0.29, 0.717) is 77.9 Å². The number of cyclic esters (lactones) is 1. The van der Waals surface area contributed by atoms with Gasteiger partial charge in [0.15, 0.2) is 0 Å². The number of nitrogens with one attached hydrogen (secondary N) is 2. The molecule has 5 amide bonds. The molecule has 3 aromatic rings. The second-order valence-electron chi connectivity index (χ2n) is 21.0. The number of carbonyl (C=O) groups is 5. The van der Waals surface area contributed by atoms with Crippen molar-refractivity contribution in [1.82, 2.24) is 44.9 Å². The fraction of sp³-hybridized carbons (Fsp3) is 0.585. The third-order valence-corrected chi connectivity index (χ3v) is 15.0. The number of urea groups is 1. The van der Waals surface area contributed by atoms with Crippen molar-refractivity contribution >= 4 is 46.2 Å². The molecule has 5 aliphatic heterocycles. The Morgan fingerprint density at radius 1 is 1.09 bits per heavy atom. The Hall–Kier alpha value is -5.62. The number of amides is 5. The summed E-state index contributed by atoms with van der Waals surface area (Å²) in [6, 6.07) is 7.77. The molecule has 0 saturated carbocycles. The molecular weight excluding hydrogens is 891 g/mol. The standard InChI is InChI=1S/C53H73N9O8/c1-10-44(63)60-31-53(70-33-60)20-25-59(26-21-53)51(67)57(8)46(34(3)4)48(64)55-42-30-58-23-13-15-37(29-58)36-18-19-43-39(27-36)40(47(61(43)11-2)38-16-12-22-54-45(38)35(5)68-9)28-52(6,7)32-69-50(66)41-17-14-24-62(56-41)49(42)65/h10,12,15-16,18-19,22,27,34-35,41-42,46,56H,1,11,13-14,17,20-21,23-26,28-33H2,2-9H3,(H,55,64)/t35-,41-,42-,46-/m0/s1. The summed E-state index contributed by atoms with van der Waals surface area (Å²) in [6.45, 7) is 19.8. The molecule has 5 aliphatic rings. The predicted octanol–water partition coefficient (Wildman–Crippen LogP) is 5.54. The van der Waals surface area contributed by atoms with Crippen molar-refractivity contribution in [2.75, 3.05) is 73.3 Å². The molecule has 2 aromatic heterocycles. The van der Waals surface area contributed by atoms with Crippen LogP contribution in [0.3, 0.4) is 0 Å². The summed E-state index contributed by atoms with van der Waals surface area (Å²) >= 11 is 0. The van der Waals surface area contributed by atoms with Crippen LogP contribution in [0.5, 0.6) is 0 Å². The Kier molecular flexibility index (Phi) is 15.2. The molecule has 70 heavy (non-hydrogen) atoms. The van der Waals surface area contributed by atoms with Crippen LogP contribution in [0.25, 0.3) is 27.7 Å². The molecule has 2 N–H and O–H groups in total. The van der Waals surface area contributed by atoms with Gasteiger partial charge in [0.2, 0.25) is 11.8 Å². The molecule has 378 valence electrons. The number of carbonyl (C=O) groups excluding carboxylic acids is 5. The molecule has 1 unspecified atom stereocenters. The fourth-order valence-electron chi connectivity index (χ4n) is 11.2. The number of likely N-dealkylation sites (tertiary alicyclic amines) is 1.